The second-order valence-electron chi connectivity index (χ2n) is 5.99. The molecule has 0 aliphatic carbocycles. The van der Waals surface area contributed by atoms with Gasteiger partial charge in [-0.05, 0) is 48.7 Å². The van der Waals surface area contributed by atoms with Crippen molar-refractivity contribution in [3.8, 4) is 11.4 Å². The number of methoxy groups -OCH3 is 1. The molecule has 0 bridgehead atoms. The lowest BCUT2D eigenvalue weighted by molar-refractivity contribution is -0.114. The quantitative estimate of drug-likeness (QED) is 0.597. The molecule has 0 fully saturated rings. The minimum Gasteiger partial charge on any atom is -0.495 e. The number of hydrogen-bond donors (Lipinski definition) is 2. The molecule has 3 aromatic rings. The van der Waals surface area contributed by atoms with Crippen molar-refractivity contribution < 1.29 is 18.7 Å². The smallest absolute Gasteiger partial charge is 0.274 e. The Kier molecular flexibility index (Phi) is 6.18. The molecule has 0 atom stereocenters. The number of ether oxygens (including phenoxy) is 1. The molecular weight excluding hydrogens is 395 g/mol. The number of aromatic nitrogens is 2. The first kappa shape index (κ1) is 20.4. The fourth-order valence-electron chi connectivity index (χ4n) is 2.75. The van der Waals surface area contributed by atoms with Crippen LogP contribution in [0.25, 0.3) is 5.69 Å². The molecule has 1 aromatic heterocycles. The maximum atomic E-state index is 13.3. The highest BCUT2D eigenvalue weighted by atomic mass is 32.2. The summed E-state index contributed by atoms with van der Waals surface area (Å²) in [7, 11) is 1.49. The molecule has 0 spiro atoms. The van der Waals surface area contributed by atoms with Gasteiger partial charge in [0.2, 0.25) is 5.91 Å². The normalized spacial score (nSPS) is 10.5. The Morgan fingerprint density at radius 1 is 1.14 bits per heavy atom. The molecule has 0 radical (unpaired) electrons. The maximum absolute atomic E-state index is 13.3. The summed E-state index contributed by atoms with van der Waals surface area (Å²) < 4.78 is 20.2. The Balaban J connectivity index is 1.93. The second kappa shape index (κ2) is 8.78. The third-order valence-electron chi connectivity index (χ3n) is 4.00. The highest BCUT2D eigenvalue weighted by Crippen LogP contribution is 2.29. The third kappa shape index (κ3) is 4.57. The van der Waals surface area contributed by atoms with Crippen LogP contribution in [0.15, 0.2) is 53.8 Å². The molecule has 2 N–H and O–H groups in total. The zero-order valence-corrected chi connectivity index (χ0v) is 16.8. The van der Waals surface area contributed by atoms with E-state index in [-0.39, 0.29) is 17.4 Å². The van der Waals surface area contributed by atoms with Gasteiger partial charge in [-0.3, -0.25) is 14.2 Å². The fraction of sp³-hybridized carbons (Fsp3) is 0.150. The molecular formula is C20H19FN4O3S. The Labute approximate surface area is 171 Å². The highest BCUT2D eigenvalue weighted by Gasteiger charge is 2.18. The van der Waals surface area contributed by atoms with Gasteiger partial charge in [0.05, 0.1) is 19.0 Å². The molecule has 0 aliphatic rings. The lowest BCUT2D eigenvalue weighted by atomic mass is 10.2. The van der Waals surface area contributed by atoms with E-state index in [4.69, 9.17) is 4.74 Å². The van der Waals surface area contributed by atoms with Crippen LogP contribution < -0.4 is 15.4 Å². The molecule has 0 unspecified atom stereocenters. The summed E-state index contributed by atoms with van der Waals surface area (Å²) in [4.78, 5) is 28.6. The predicted molar refractivity (Wildman–Crippen MR) is 111 cm³/mol. The summed E-state index contributed by atoms with van der Waals surface area (Å²) in [6.45, 7) is 1.38. The lowest BCUT2D eigenvalue weighted by Crippen LogP contribution is -2.17. The van der Waals surface area contributed by atoms with E-state index in [1.54, 1.807) is 34.9 Å². The molecule has 7 nitrogen and oxygen atoms in total. The van der Waals surface area contributed by atoms with Gasteiger partial charge in [-0.1, -0.05) is 11.8 Å². The van der Waals surface area contributed by atoms with Crippen molar-refractivity contribution in [3.05, 3.63) is 60.2 Å². The van der Waals surface area contributed by atoms with E-state index in [0.717, 1.165) is 0 Å². The van der Waals surface area contributed by atoms with Crippen LogP contribution in [0.5, 0.6) is 5.75 Å². The van der Waals surface area contributed by atoms with Crippen LogP contribution >= 0.6 is 11.8 Å². The van der Waals surface area contributed by atoms with E-state index in [1.165, 1.54) is 44.1 Å². The number of benzene rings is 2. The van der Waals surface area contributed by atoms with Gasteiger partial charge in [0, 0.05) is 18.3 Å². The number of carbonyl (C=O) groups excluding carboxylic acids is 2. The summed E-state index contributed by atoms with van der Waals surface area (Å²) in [5.74, 6) is -0.555. The van der Waals surface area contributed by atoms with Gasteiger partial charge in [0.1, 0.15) is 17.3 Å². The number of thioether (sulfide) groups is 1. The van der Waals surface area contributed by atoms with Crippen LogP contribution in [0.1, 0.15) is 17.4 Å². The monoisotopic (exact) mass is 414 g/mol. The summed E-state index contributed by atoms with van der Waals surface area (Å²) in [5, 5.41) is 6.05. The third-order valence-corrected chi connectivity index (χ3v) is 4.65. The summed E-state index contributed by atoms with van der Waals surface area (Å²) in [5.41, 5.74) is 1.82. The number of nitrogens with zero attached hydrogens (tertiary/aromatic N) is 2. The zero-order chi connectivity index (χ0) is 21.0. The van der Waals surface area contributed by atoms with E-state index in [0.29, 0.717) is 28.0 Å². The summed E-state index contributed by atoms with van der Waals surface area (Å²) in [6, 6.07) is 10.7. The summed E-state index contributed by atoms with van der Waals surface area (Å²) >= 11 is 1.37. The van der Waals surface area contributed by atoms with E-state index in [1.807, 2.05) is 6.26 Å². The van der Waals surface area contributed by atoms with Gasteiger partial charge in [-0.2, -0.15) is 0 Å². The first-order valence-electron chi connectivity index (χ1n) is 8.57. The minimum absolute atomic E-state index is 0.259. The number of hydrogen-bond acceptors (Lipinski definition) is 5. The molecule has 2 amide bonds. The number of imidazole rings is 1. The average molecular weight is 414 g/mol. The van der Waals surface area contributed by atoms with Crippen molar-refractivity contribution in [2.24, 2.45) is 0 Å². The van der Waals surface area contributed by atoms with Crippen LogP contribution in [-0.2, 0) is 4.79 Å². The molecule has 29 heavy (non-hydrogen) atoms. The van der Waals surface area contributed by atoms with Gasteiger partial charge in [-0.25, -0.2) is 9.37 Å². The molecule has 1 heterocycles. The molecule has 0 saturated heterocycles. The van der Waals surface area contributed by atoms with Crippen LogP contribution in [0.3, 0.4) is 0 Å². The van der Waals surface area contributed by atoms with Gasteiger partial charge >= 0.3 is 0 Å². The minimum atomic E-state index is -0.402. The van der Waals surface area contributed by atoms with Crippen LogP contribution in [0, 0.1) is 5.82 Å². The molecule has 150 valence electrons. The number of anilines is 2. The number of carbonyl (C=O) groups is 2. The maximum Gasteiger partial charge on any atom is 0.274 e. The zero-order valence-electron chi connectivity index (χ0n) is 16.0. The SMILES string of the molecule is COc1ccc(NC(=O)c2cnc(SC)n2-c2ccc(F)cc2)cc1NC(C)=O. The predicted octanol–water partition coefficient (Wildman–Crippen LogP) is 3.95. The van der Waals surface area contributed by atoms with Gasteiger partial charge < -0.3 is 15.4 Å². The van der Waals surface area contributed by atoms with Crippen LogP contribution in [0.2, 0.25) is 0 Å². The van der Waals surface area contributed by atoms with Crippen molar-refractivity contribution in [2.75, 3.05) is 24.0 Å². The van der Waals surface area contributed by atoms with E-state index >= 15 is 0 Å². The van der Waals surface area contributed by atoms with E-state index in [2.05, 4.69) is 15.6 Å². The van der Waals surface area contributed by atoms with Crippen molar-refractivity contribution in [3.63, 3.8) is 0 Å². The fourth-order valence-corrected chi connectivity index (χ4v) is 3.29. The van der Waals surface area contributed by atoms with Crippen molar-refractivity contribution >= 4 is 35.0 Å². The van der Waals surface area contributed by atoms with E-state index in [9.17, 15) is 14.0 Å². The first-order chi connectivity index (χ1) is 13.9. The summed E-state index contributed by atoms with van der Waals surface area (Å²) in [6.07, 6.45) is 3.30. The van der Waals surface area contributed by atoms with Gasteiger partial charge in [0.25, 0.3) is 5.91 Å². The van der Waals surface area contributed by atoms with E-state index < -0.39 is 5.91 Å². The molecule has 0 aliphatic heterocycles. The standard InChI is InChI=1S/C20H19FN4O3S/c1-12(26)23-16-10-14(6-9-18(16)28-2)24-19(27)17-11-22-20(29-3)25(17)15-7-4-13(21)5-8-15/h4-11H,1-3H3,(H,23,26)(H,24,27). The van der Waals surface area contributed by atoms with Crippen LogP contribution in [-0.4, -0.2) is 34.7 Å². The molecule has 0 saturated carbocycles. The van der Waals surface area contributed by atoms with Gasteiger partial charge in [-0.15, -0.1) is 0 Å². The van der Waals surface area contributed by atoms with Gasteiger partial charge in [0.15, 0.2) is 5.16 Å². The van der Waals surface area contributed by atoms with Crippen molar-refractivity contribution in [2.45, 2.75) is 12.1 Å². The Hall–Kier alpha value is -3.33. The first-order valence-corrected chi connectivity index (χ1v) is 9.80. The number of rotatable bonds is 6. The molecule has 9 heteroatoms. The molecule has 3 rings (SSSR count). The number of amides is 2. The topological polar surface area (TPSA) is 85.2 Å². The largest absolute Gasteiger partial charge is 0.495 e. The average Bonchev–Trinajstić information content (AvgIpc) is 3.12. The lowest BCUT2D eigenvalue weighted by Gasteiger charge is -2.13. The highest BCUT2D eigenvalue weighted by molar-refractivity contribution is 7.98. The Morgan fingerprint density at radius 3 is 2.48 bits per heavy atom. The van der Waals surface area contributed by atoms with Crippen molar-refractivity contribution in [1.82, 2.24) is 9.55 Å². The van der Waals surface area contributed by atoms with Crippen LogP contribution in [0.4, 0.5) is 15.8 Å². The Bertz CT molecular complexity index is 1050. The second-order valence-corrected chi connectivity index (χ2v) is 6.77. The van der Waals surface area contributed by atoms with Crippen molar-refractivity contribution in [1.29, 1.82) is 0 Å². The number of nitrogens with one attached hydrogen (secondary N) is 2. The number of halogens is 1. The molecule has 2 aromatic carbocycles. The Morgan fingerprint density at radius 2 is 1.86 bits per heavy atom.